The van der Waals surface area contributed by atoms with Crippen LogP contribution in [0.2, 0.25) is 0 Å². The summed E-state index contributed by atoms with van der Waals surface area (Å²) in [5, 5.41) is 14.2. The van der Waals surface area contributed by atoms with Gasteiger partial charge in [-0.05, 0) is 38.2 Å². The Morgan fingerprint density at radius 1 is 1.13 bits per heavy atom. The van der Waals surface area contributed by atoms with Gasteiger partial charge in [-0.3, -0.25) is 9.48 Å². The summed E-state index contributed by atoms with van der Waals surface area (Å²) in [5.41, 5.74) is 0.0306. The van der Waals surface area contributed by atoms with Crippen LogP contribution < -0.4 is 16.0 Å². The lowest BCUT2D eigenvalue weighted by atomic mass is 10.1. The molecule has 6 rings (SSSR count). The van der Waals surface area contributed by atoms with E-state index in [1.165, 1.54) is 18.9 Å². The molecule has 1 aliphatic carbocycles. The highest BCUT2D eigenvalue weighted by atomic mass is 32.1. The van der Waals surface area contributed by atoms with Crippen LogP contribution in [0.15, 0.2) is 18.5 Å². The third-order valence-electron chi connectivity index (χ3n) is 7.36. The van der Waals surface area contributed by atoms with Crippen molar-refractivity contribution in [3.63, 3.8) is 0 Å². The van der Waals surface area contributed by atoms with E-state index in [9.17, 15) is 18.0 Å². The second-order valence-corrected chi connectivity index (χ2v) is 11.0. The average molecular weight is 547 g/mol. The number of amides is 1. The first-order valence-electron chi connectivity index (χ1n) is 13.0. The lowest BCUT2D eigenvalue weighted by molar-refractivity contribution is -0.137. The highest BCUT2D eigenvalue weighted by Crippen LogP contribution is 2.42. The van der Waals surface area contributed by atoms with Crippen molar-refractivity contribution in [1.82, 2.24) is 30.0 Å². The Morgan fingerprint density at radius 3 is 2.61 bits per heavy atom. The Balaban J connectivity index is 1.29. The molecule has 38 heavy (non-hydrogen) atoms. The van der Waals surface area contributed by atoms with E-state index in [4.69, 9.17) is 5.10 Å². The fraction of sp³-hybridized carbons (Fsp3) is 0.520. The van der Waals surface area contributed by atoms with Crippen LogP contribution in [-0.2, 0) is 12.6 Å². The molecule has 1 amide bonds. The van der Waals surface area contributed by atoms with Crippen molar-refractivity contribution < 1.29 is 18.0 Å². The fourth-order valence-electron chi connectivity index (χ4n) is 5.13. The van der Waals surface area contributed by atoms with E-state index in [2.05, 4.69) is 30.8 Å². The van der Waals surface area contributed by atoms with Crippen LogP contribution in [-0.4, -0.2) is 62.8 Å². The number of rotatable bonds is 6. The Hall–Kier alpha value is -3.19. The molecule has 0 unspecified atom stereocenters. The maximum Gasteiger partial charge on any atom is 0.420 e. The summed E-state index contributed by atoms with van der Waals surface area (Å²) < 4.78 is 43.7. The lowest BCUT2D eigenvalue weighted by Gasteiger charge is -2.32. The van der Waals surface area contributed by atoms with Gasteiger partial charge in [0.1, 0.15) is 10.6 Å². The summed E-state index contributed by atoms with van der Waals surface area (Å²) in [4.78, 5) is 23.4. The molecule has 9 nitrogen and oxygen atoms in total. The number of hydrogen-bond donors (Lipinski definition) is 3. The first kappa shape index (κ1) is 25.1. The van der Waals surface area contributed by atoms with Crippen LogP contribution in [0, 0.1) is 0 Å². The Morgan fingerprint density at radius 2 is 1.89 bits per heavy atom. The number of piperidine rings is 1. The van der Waals surface area contributed by atoms with Crippen molar-refractivity contribution in [2.24, 2.45) is 0 Å². The maximum atomic E-state index is 13.9. The third-order valence-corrected chi connectivity index (χ3v) is 8.46. The Kier molecular flexibility index (Phi) is 6.50. The van der Waals surface area contributed by atoms with Crippen LogP contribution >= 0.6 is 11.3 Å². The van der Waals surface area contributed by atoms with Gasteiger partial charge in [-0.2, -0.15) is 18.3 Å². The maximum absolute atomic E-state index is 13.9. The summed E-state index contributed by atoms with van der Waals surface area (Å²) >= 11 is 1.07. The van der Waals surface area contributed by atoms with Gasteiger partial charge in [-0.1, -0.05) is 6.92 Å². The predicted octanol–water partition coefficient (Wildman–Crippen LogP) is 4.68. The number of carbonyl (C=O) groups is 1. The minimum atomic E-state index is -4.66. The van der Waals surface area contributed by atoms with E-state index in [0.29, 0.717) is 35.9 Å². The molecule has 0 aromatic carbocycles. The summed E-state index contributed by atoms with van der Waals surface area (Å²) in [5.74, 6) is 0.248. The number of hydrogen-bond acceptors (Lipinski definition) is 8. The number of likely N-dealkylation sites (tertiary alicyclic amines) is 1. The molecule has 3 N–H and O–H groups in total. The van der Waals surface area contributed by atoms with Crippen LogP contribution in [0.25, 0.3) is 10.6 Å². The second kappa shape index (κ2) is 9.84. The SMILES string of the molecule is CCc1cn(C2CCN(C3CC3)CC2)nc1Nc1ncc(C(F)(F)F)c(-c2cc3c(s2)NCCNC3=O)n1. The van der Waals surface area contributed by atoms with Gasteiger partial charge < -0.3 is 20.9 Å². The number of anilines is 3. The topological polar surface area (TPSA) is 100 Å². The third kappa shape index (κ3) is 4.96. The van der Waals surface area contributed by atoms with E-state index in [0.717, 1.165) is 55.1 Å². The lowest BCUT2D eigenvalue weighted by Crippen LogP contribution is -2.36. The number of thiophene rings is 1. The van der Waals surface area contributed by atoms with Gasteiger partial charge >= 0.3 is 6.18 Å². The highest BCUT2D eigenvalue weighted by Gasteiger charge is 2.37. The zero-order chi connectivity index (χ0) is 26.4. The number of nitrogens with one attached hydrogen (secondary N) is 3. The fourth-order valence-corrected chi connectivity index (χ4v) is 6.22. The van der Waals surface area contributed by atoms with Gasteiger partial charge in [0, 0.05) is 50.2 Å². The van der Waals surface area contributed by atoms with Crippen molar-refractivity contribution in [3.8, 4) is 10.6 Å². The predicted molar refractivity (Wildman–Crippen MR) is 139 cm³/mol. The summed E-state index contributed by atoms with van der Waals surface area (Å²) in [7, 11) is 0. The normalized spacial score (nSPS) is 19.0. The van der Waals surface area contributed by atoms with Gasteiger partial charge in [0.15, 0.2) is 5.82 Å². The highest BCUT2D eigenvalue weighted by molar-refractivity contribution is 7.19. The van der Waals surface area contributed by atoms with Gasteiger partial charge in [0.2, 0.25) is 5.95 Å². The minimum absolute atomic E-state index is 0.0255. The number of halogens is 3. The van der Waals surface area contributed by atoms with Crippen molar-refractivity contribution in [1.29, 1.82) is 0 Å². The molecule has 0 radical (unpaired) electrons. The standard InChI is InChI=1S/C25H29F3N8OS/c1-2-14-13-36(16-5-9-35(10-6-16)15-3-4-15)34-21(14)33-24-31-12-18(25(26,27)28)20(32-24)19-11-17-22(37)29-7-8-30-23(17)38-19/h11-13,15-16,30H,2-10H2,1H3,(H,29,37)(H,31,32,33,34). The molecule has 0 bridgehead atoms. The van der Waals surface area contributed by atoms with Gasteiger partial charge in [-0.15, -0.1) is 11.3 Å². The molecule has 13 heteroatoms. The quantitative estimate of drug-likeness (QED) is 0.413. The summed E-state index contributed by atoms with van der Waals surface area (Å²) in [6.07, 6.45) is 3.50. The number of aryl methyl sites for hydroxylation is 1. The number of nitrogens with zero attached hydrogens (tertiary/aromatic N) is 5. The molecule has 1 saturated carbocycles. The zero-order valence-electron chi connectivity index (χ0n) is 20.9. The van der Waals surface area contributed by atoms with Crippen molar-refractivity contribution >= 4 is 34.0 Å². The molecule has 202 valence electrons. The molecule has 3 aromatic heterocycles. The van der Waals surface area contributed by atoms with Gasteiger partial charge in [-0.25, -0.2) is 9.97 Å². The zero-order valence-corrected chi connectivity index (χ0v) is 21.8. The molecule has 2 fully saturated rings. The monoisotopic (exact) mass is 546 g/mol. The molecule has 0 atom stereocenters. The Labute approximate surface area is 221 Å². The average Bonchev–Trinajstić information content (AvgIpc) is 3.58. The number of fused-ring (bicyclic) bond motifs is 1. The van der Waals surface area contributed by atoms with Crippen LogP contribution in [0.3, 0.4) is 0 Å². The van der Waals surface area contributed by atoms with E-state index in [-0.39, 0.29) is 28.5 Å². The first-order chi connectivity index (χ1) is 18.3. The van der Waals surface area contributed by atoms with E-state index in [1.54, 1.807) is 0 Å². The second-order valence-electron chi connectivity index (χ2n) is 9.95. The largest absolute Gasteiger partial charge is 0.420 e. The van der Waals surface area contributed by atoms with Crippen LogP contribution in [0.1, 0.15) is 60.1 Å². The van der Waals surface area contributed by atoms with Gasteiger partial charge in [0.25, 0.3) is 5.91 Å². The van der Waals surface area contributed by atoms with E-state index in [1.807, 2.05) is 17.8 Å². The summed E-state index contributed by atoms with van der Waals surface area (Å²) in [6.45, 7) is 5.06. The molecular formula is C25H29F3N8OS. The van der Waals surface area contributed by atoms with Crippen molar-refractivity contribution in [2.45, 2.75) is 57.3 Å². The molecule has 3 aromatic rings. The molecule has 0 spiro atoms. The van der Waals surface area contributed by atoms with Crippen LogP contribution in [0.5, 0.6) is 0 Å². The molecule has 1 saturated heterocycles. The van der Waals surface area contributed by atoms with Crippen molar-refractivity contribution in [2.75, 3.05) is 36.8 Å². The van der Waals surface area contributed by atoms with Crippen molar-refractivity contribution in [3.05, 3.63) is 35.2 Å². The number of alkyl halides is 3. The van der Waals surface area contributed by atoms with Gasteiger partial charge in [0.05, 0.1) is 22.2 Å². The minimum Gasteiger partial charge on any atom is -0.374 e. The smallest absolute Gasteiger partial charge is 0.374 e. The number of aromatic nitrogens is 4. The number of carbonyl (C=O) groups excluding carboxylic acids is 1. The summed E-state index contributed by atoms with van der Waals surface area (Å²) in [6, 6.07) is 2.50. The molecule has 3 aliphatic rings. The molecular weight excluding hydrogens is 517 g/mol. The molecule has 5 heterocycles. The molecule has 2 aliphatic heterocycles. The Bertz CT molecular complexity index is 1340. The first-order valence-corrected chi connectivity index (χ1v) is 13.8. The van der Waals surface area contributed by atoms with Crippen LogP contribution in [0.4, 0.5) is 29.9 Å². The van der Waals surface area contributed by atoms with E-state index >= 15 is 0 Å². The van der Waals surface area contributed by atoms with E-state index < -0.39 is 11.7 Å².